The van der Waals surface area contributed by atoms with Crippen LogP contribution in [0.2, 0.25) is 0 Å². The predicted molar refractivity (Wildman–Crippen MR) is 248 cm³/mol. The van der Waals surface area contributed by atoms with E-state index < -0.39 is 89.4 Å². The van der Waals surface area contributed by atoms with E-state index in [-0.39, 0.29) is 56.2 Å². The molecule has 0 radical (unpaired) electrons. The molecule has 1 aromatic heterocycles. The first kappa shape index (κ1) is 22.7. The molecule has 3 aliphatic carbocycles. The lowest BCUT2D eigenvalue weighted by Gasteiger charge is -2.32. The van der Waals surface area contributed by atoms with Crippen LogP contribution in [-0.4, -0.2) is 0 Å². The average Bonchev–Trinajstić information content (AvgIpc) is 4.30. The Kier molecular flexibility index (Phi) is 4.56. The van der Waals surface area contributed by atoms with E-state index in [9.17, 15) is 11.0 Å². The van der Waals surface area contributed by atoms with Crippen molar-refractivity contribution in [3.8, 4) is 44.5 Å². The van der Waals surface area contributed by atoms with Gasteiger partial charge >= 0.3 is 0 Å². The highest BCUT2D eigenvalue weighted by molar-refractivity contribution is 6.12. The van der Waals surface area contributed by atoms with Gasteiger partial charge in [-0.1, -0.05) is 165 Å². The normalized spacial score (nSPS) is 17.7. The van der Waals surface area contributed by atoms with Crippen LogP contribution in [0.3, 0.4) is 0 Å². The zero-order valence-electron chi connectivity index (χ0n) is 46.3. The van der Waals surface area contributed by atoms with Crippen LogP contribution in [0, 0.1) is 0 Å². The maximum absolute atomic E-state index is 10.1. The molecule has 0 unspecified atom stereocenters. The molecule has 0 atom stereocenters. The van der Waals surface area contributed by atoms with Crippen LogP contribution in [0.15, 0.2) is 204 Å². The Morgan fingerprint density at radius 2 is 1.00 bits per heavy atom. The third-order valence-electron chi connectivity index (χ3n) is 12.8. The van der Waals surface area contributed by atoms with Crippen molar-refractivity contribution in [2.45, 2.75) is 24.7 Å². The van der Waals surface area contributed by atoms with E-state index in [0.29, 0.717) is 17.0 Å². The van der Waals surface area contributed by atoms with Gasteiger partial charge in [0, 0.05) is 33.2 Å². The Morgan fingerprint density at radius 1 is 0.417 bits per heavy atom. The number of rotatable bonds is 4. The second-order valence-corrected chi connectivity index (χ2v) is 16.1. The van der Waals surface area contributed by atoms with Crippen LogP contribution in [-0.2, 0) is 10.8 Å². The Labute approximate surface area is 369 Å². The summed E-state index contributed by atoms with van der Waals surface area (Å²) in [5.74, 6) is 0. The molecule has 9 aromatic carbocycles. The van der Waals surface area contributed by atoms with E-state index in [1.54, 1.807) is 6.07 Å². The summed E-state index contributed by atoms with van der Waals surface area (Å²) in [5, 5.41) is 1.81. The second-order valence-electron chi connectivity index (χ2n) is 16.1. The van der Waals surface area contributed by atoms with Gasteiger partial charge in [0.1, 0.15) is 11.2 Å². The molecule has 0 bridgehead atoms. The molecular formula is C58H39NO. The van der Waals surface area contributed by atoms with Gasteiger partial charge in [0.05, 0.1) is 24.6 Å². The summed E-state index contributed by atoms with van der Waals surface area (Å²) in [5.41, 5.74) is 4.10. The molecule has 0 fully saturated rings. The van der Waals surface area contributed by atoms with E-state index >= 15 is 0 Å². The highest BCUT2D eigenvalue weighted by atomic mass is 16.3. The number of fused-ring (bicyclic) bond motifs is 16. The van der Waals surface area contributed by atoms with Crippen LogP contribution in [0.25, 0.3) is 66.4 Å². The molecule has 0 saturated heterocycles. The van der Waals surface area contributed by atoms with E-state index in [4.69, 9.17) is 12.6 Å². The highest BCUT2D eigenvalue weighted by Gasteiger charge is 2.51. The fraction of sp³-hybridized carbons (Fsp3) is 0.0690. The van der Waals surface area contributed by atoms with E-state index in [2.05, 4.69) is 32.0 Å². The van der Waals surface area contributed by atoms with Gasteiger partial charge in [-0.2, -0.15) is 0 Å². The van der Waals surface area contributed by atoms with E-state index in [1.165, 1.54) is 0 Å². The van der Waals surface area contributed by atoms with Gasteiger partial charge < -0.3 is 9.32 Å². The summed E-state index contributed by atoms with van der Waals surface area (Å²) in [4.78, 5) is 1.83. The van der Waals surface area contributed by atoms with Crippen molar-refractivity contribution in [2.24, 2.45) is 0 Å². The maximum atomic E-state index is 10.1. The van der Waals surface area contributed by atoms with Crippen molar-refractivity contribution in [3.05, 3.63) is 233 Å². The molecule has 2 nitrogen and oxygen atoms in total. The average molecular weight is 780 g/mol. The van der Waals surface area contributed by atoms with Crippen molar-refractivity contribution in [1.82, 2.24) is 0 Å². The van der Waals surface area contributed by atoms with Crippen molar-refractivity contribution in [1.29, 1.82) is 0 Å². The van der Waals surface area contributed by atoms with E-state index in [1.807, 2.05) is 95.9 Å². The molecule has 2 heteroatoms. The Bertz CT molecular complexity index is 4150. The minimum atomic E-state index is -2.30. The lowest BCUT2D eigenvalue weighted by atomic mass is 9.70. The van der Waals surface area contributed by atoms with Gasteiger partial charge in [-0.15, -0.1) is 0 Å². The molecule has 1 heterocycles. The summed E-state index contributed by atoms with van der Waals surface area (Å²) in [7, 11) is 0. The largest absolute Gasteiger partial charge is 0.456 e. The van der Waals surface area contributed by atoms with Crippen molar-refractivity contribution in [2.75, 3.05) is 4.90 Å². The number of furan rings is 1. The first-order valence-electron chi connectivity index (χ1n) is 26.9. The number of nitrogens with zero attached hydrogens (tertiary/aromatic N) is 1. The first-order valence-corrected chi connectivity index (χ1v) is 19.9. The van der Waals surface area contributed by atoms with Gasteiger partial charge in [-0.05, 0) is 126 Å². The summed E-state index contributed by atoms with van der Waals surface area (Å²) in [6.07, 6.45) is 0. The van der Waals surface area contributed by atoms with Crippen molar-refractivity contribution in [3.63, 3.8) is 0 Å². The Balaban J connectivity index is 1.18. The lowest BCUT2D eigenvalue weighted by Crippen LogP contribution is -2.26. The van der Waals surface area contributed by atoms with Crippen molar-refractivity contribution >= 4 is 39.0 Å². The second kappa shape index (κ2) is 12.1. The highest BCUT2D eigenvalue weighted by Crippen LogP contribution is 2.63. The molecule has 0 N–H and O–H groups in total. The number of hydrogen-bond donors (Lipinski definition) is 0. The van der Waals surface area contributed by atoms with Gasteiger partial charge in [0.25, 0.3) is 0 Å². The fourth-order valence-electron chi connectivity index (χ4n) is 10.3. The van der Waals surface area contributed by atoms with Crippen LogP contribution < -0.4 is 4.90 Å². The molecule has 1 spiro atoms. The number of anilines is 3. The molecule has 13 rings (SSSR count). The molecule has 3 aliphatic rings. The van der Waals surface area contributed by atoms with Crippen LogP contribution in [0.1, 0.15) is 66.4 Å². The third-order valence-corrected chi connectivity index (χ3v) is 12.8. The molecule has 0 aliphatic heterocycles. The Morgan fingerprint density at radius 3 is 1.77 bits per heavy atom. The smallest absolute Gasteiger partial charge is 0.136 e. The first-order chi connectivity index (χ1) is 35.3. The third kappa shape index (κ3) is 4.32. The summed E-state index contributed by atoms with van der Waals surface area (Å²) < 4.78 is 138. The summed E-state index contributed by atoms with van der Waals surface area (Å²) in [6.45, 7) is 4.29. The number of hydrogen-bond acceptors (Lipinski definition) is 2. The fourth-order valence-corrected chi connectivity index (χ4v) is 10.3. The van der Waals surface area contributed by atoms with Gasteiger partial charge in [0.15, 0.2) is 0 Å². The predicted octanol–water partition coefficient (Wildman–Crippen LogP) is 15.4. The van der Waals surface area contributed by atoms with Crippen LogP contribution in [0.4, 0.5) is 17.1 Å². The molecule has 0 saturated carbocycles. The quantitative estimate of drug-likeness (QED) is 0.177. The van der Waals surface area contributed by atoms with Crippen molar-refractivity contribution < 1.29 is 23.6 Å². The zero-order valence-corrected chi connectivity index (χ0v) is 32.3. The lowest BCUT2D eigenvalue weighted by molar-refractivity contribution is 0.660. The van der Waals surface area contributed by atoms with Crippen LogP contribution >= 0.6 is 0 Å². The number of benzene rings is 9. The van der Waals surface area contributed by atoms with Gasteiger partial charge in [-0.25, -0.2) is 0 Å². The standard InChI is InChI=1S/C58H39NO/c1-57(2)48-23-8-3-17-41(48)45-31-29-38(34-52(45)57)59(37-16-13-15-36(33-37)40-22-14-28-55-56(40)47-21-7-12-27-54(47)60-55)39-30-32-46-44-20-6-11-26-51(44)58(53(46)35-39)49-24-9-4-18-42(49)43-19-5-10-25-50(43)58/h3-35H,1-2H3/i4D,5D,6D,9D,10D,11D,18D,19D,20D,24D,25D,26D,30D,32D. The summed E-state index contributed by atoms with van der Waals surface area (Å²) in [6, 6.07) is 28.5. The molecule has 282 valence electrons. The Hall–Kier alpha value is -7.42. The zero-order chi connectivity index (χ0) is 51.9. The summed E-state index contributed by atoms with van der Waals surface area (Å²) >= 11 is 0. The monoisotopic (exact) mass is 779 g/mol. The SMILES string of the molecule is [2H]c1c(N(c2cccc(-c3cccc4oc5ccccc5c34)c2)c2ccc3c(c2)C(C)(C)c2ccccc2-3)cc2c(c1[2H])-c1c([2H])c([2H])c([2H])c([2H])c1C21c2c([2H])c([2H])c([2H])c([2H])c2-c2c([2H])c([2H])c([2H])c([2H])c21. The van der Waals surface area contributed by atoms with Gasteiger partial charge in [-0.3, -0.25) is 0 Å². The number of para-hydroxylation sites is 1. The van der Waals surface area contributed by atoms with E-state index in [0.717, 1.165) is 49.7 Å². The maximum Gasteiger partial charge on any atom is 0.136 e. The molecule has 10 aromatic rings. The topological polar surface area (TPSA) is 16.4 Å². The molecular weight excluding hydrogens is 727 g/mol. The molecule has 60 heavy (non-hydrogen) atoms. The minimum absolute atomic E-state index is 0.00440. The van der Waals surface area contributed by atoms with Crippen LogP contribution in [0.5, 0.6) is 0 Å². The minimum Gasteiger partial charge on any atom is -0.456 e. The molecule has 0 amide bonds. The van der Waals surface area contributed by atoms with Gasteiger partial charge in [0.2, 0.25) is 0 Å².